The number of carbonyl (C=O) groups excluding carboxylic acids is 1. The van der Waals surface area contributed by atoms with Crippen LogP contribution in [0, 0.1) is 17.2 Å². The predicted octanol–water partition coefficient (Wildman–Crippen LogP) is 3.86. The number of nitrogens with one attached hydrogen (secondary N) is 2. The van der Waals surface area contributed by atoms with Gasteiger partial charge in [-0.25, -0.2) is 28.1 Å². The van der Waals surface area contributed by atoms with Gasteiger partial charge in [0.1, 0.15) is 11.1 Å². The molecule has 0 aliphatic rings. The van der Waals surface area contributed by atoms with E-state index in [0.717, 1.165) is 12.1 Å². The minimum atomic E-state index is -3.87. The minimum absolute atomic E-state index is 0.00482. The number of pyridine rings is 1. The van der Waals surface area contributed by atoms with Crippen molar-refractivity contribution in [2.24, 2.45) is 5.92 Å². The number of carbonyl (C=O) groups is 1. The van der Waals surface area contributed by atoms with Crippen LogP contribution in [0.25, 0.3) is 0 Å². The van der Waals surface area contributed by atoms with Crippen LogP contribution in [0.2, 0.25) is 0 Å². The summed E-state index contributed by atoms with van der Waals surface area (Å²) in [5, 5.41) is 12.1. The van der Waals surface area contributed by atoms with E-state index < -0.39 is 15.3 Å². The highest BCUT2D eigenvalue weighted by atomic mass is 32.2. The van der Waals surface area contributed by atoms with Gasteiger partial charge in [-0.2, -0.15) is 5.26 Å². The van der Waals surface area contributed by atoms with E-state index in [4.69, 9.17) is 0 Å². The van der Waals surface area contributed by atoms with E-state index in [2.05, 4.69) is 44.9 Å². The fourth-order valence-electron chi connectivity index (χ4n) is 2.90. The summed E-state index contributed by atoms with van der Waals surface area (Å²) in [6.07, 6.45) is 3.64. The molecule has 0 radical (unpaired) electrons. The number of aromatic nitrogens is 3. The number of thioether (sulfide) groups is 1. The molecule has 1 atom stereocenters. The van der Waals surface area contributed by atoms with E-state index in [9.17, 15) is 18.5 Å². The van der Waals surface area contributed by atoms with Crippen LogP contribution in [-0.2, 0) is 21.2 Å². The molecule has 0 saturated carbocycles. The van der Waals surface area contributed by atoms with E-state index >= 15 is 0 Å². The molecule has 0 aliphatic carbocycles. The molecule has 2 aromatic heterocycles. The highest BCUT2D eigenvalue weighted by molar-refractivity contribution is 8.00. The number of benzene rings is 1. The molecule has 11 heteroatoms. The van der Waals surface area contributed by atoms with Gasteiger partial charge >= 0.3 is 0 Å². The fourth-order valence-corrected chi connectivity index (χ4v) is 4.77. The lowest BCUT2D eigenvalue weighted by atomic mass is 10.1. The van der Waals surface area contributed by atoms with Crippen molar-refractivity contribution < 1.29 is 13.2 Å². The summed E-state index contributed by atoms with van der Waals surface area (Å²) in [5.41, 5.74) is 1.73. The van der Waals surface area contributed by atoms with E-state index in [0.29, 0.717) is 22.2 Å². The second kappa shape index (κ2) is 11.1. The van der Waals surface area contributed by atoms with Gasteiger partial charge < -0.3 is 5.32 Å². The van der Waals surface area contributed by atoms with Gasteiger partial charge in [0.15, 0.2) is 0 Å². The molecular weight excluding hydrogens is 472 g/mol. The molecule has 3 rings (SSSR count). The quantitative estimate of drug-likeness (QED) is 0.426. The van der Waals surface area contributed by atoms with Crippen molar-refractivity contribution in [2.75, 3.05) is 10.0 Å². The van der Waals surface area contributed by atoms with Gasteiger partial charge in [0.2, 0.25) is 11.9 Å². The Bertz CT molecular complexity index is 1290. The molecule has 0 bridgehead atoms. The number of nitrogens with zero attached hydrogens (tertiary/aromatic N) is 4. The van der Waals surface area contributed by atoms with Crippen molar-refractivity contribution in [3.05, 3.63) is 66.1 Å². The lowest BCUT2D eigenvalue weighted by Crippen LogP contribution is -2.23. The zero-order valence-electron chi connectivity index (χ0n) is 18.9. The molecule has 0 aliphatic heterocycles. The Balaban J connectivity index is 1.66. The molecular formula is C23H24N6O3S2. The van der Waals surface area contributed by atoms with Gasteiger partial charge in [0, 0.05) is 23.8 Å². The summed E-state index contributed by atoms with van der Waals surface area (Å²) in [6.45, 7) is 5.90. The third-order valence-electron chi connectivity index (χ3n) is 4.54. The Kier molecular flexibility index (Phi) is 8.20. The van der Waals surface area contributed by atoms with Crippen LogP contribution in [0.3, 0.4) is 0 Å². The lowest BCUT2D eigenvalue weighted by Gasteiger charge is -2.14. The van der Waals surface area contributed by atoms with E-state index in [-0.39, 0.29) is 16.8 Å². The topological polar surface area (TPSA) is 138 Å². The smallest absolute Gasteiger partial charge is 0.264 e. The molecule has 176 valence electrons. The van der Waals surface area contributed by atoms with Crippen LogP contribution in [0.5, 0.6) is 0 Å². The minimum Gasteiger partial charge on any atom is -0.325 e. The van der Waals surface area contributed by atoms with Gasteiger partial charge in [0.05, 0.1) is 15.7 Å². The number of amides is 1. The zero-order valence-corrected chi connectivity index (χ0v) is 20.5. The first-order valence-corrected chi connectivity index (χ1v) is 12.8. The highest BCUT2D eigenvalue weighted by Gasteiger charge is 2.19. The number of nitriles is 1. The van der Waals surface area contributed by atoms with Crippen LogP contribution < -0.4 is 10.0 Å². The SMILES string of the molecule is CC(C)Cc1ccc(C#N)c(SC(C)C(=O)Nc2ccc(S(=O)(=O)Nc3ncccn3)cc2)n1. The van der Waals surface area contributed by atoms with E-state index in [1.165, 1.54) is 48.4 Å². The van der Waals surface area contributed by atoms with Gasteiger partial charge in [-0.1, -0.05) is 25.6 Å². The summed E-state index contributed by atoms with van der Waals surface area (Å²) >= 11 is 1.21. The number of anilines is 2. The second-order valence-corrected chi connectivity index (χ2v) is 10.8. The third-order valence-corrected chi connectivity index (χ3v) is 6.98. The van der Waals surface area contributed by atoms with Crippen LogP contribution in [-0.4, -0.2) is 34.5 Å². The number of rotatable bonds is 9. The zero-order chi connectivity index (χ0) is 24.7. The maximum Gasteiger partial charge on any atom is 0.264 e. The van der Waals surface area contributed by atoms with Crippen LogP contribution >= 0.6 is 11.8 Å². The molecule has 9 nitrogen and oxygen atoms in total. The third kappa shape index (κ3) is 6.76. The summed E-state index contributed by atoms with van der Waals surface area (Å²) in [5.74, 6) is 0.0890. The van der Waals surface area contributed by atoms with Gasteiger partial charge in [-0.15, -0.1) is 0 Å². The lowest BCUT2D eigenvalue weighted by molar-refractivity contribution is -0.115. The monoisotopic (exact) mass is 496 g/mol. The molecule has 0 spiro atoms. The predicted molar refractivity (Wildman–Crippen MR) is 131 cm³/mol. The van der Waals surface area contributed by atoms with Gasteiger partial charge in [-0.05, 0) is 61.7 Å². The van der Waals surface area contributed by atoms with Crippen molar-refractivity contribution in [3.8, 4) is 6.07 Å². The average Bonchev–Trinajstić information content (AvgIpc) is 2.79. The molecule has 2 N–H and O–H groups in total. The molecule has 1 aromatic carbocycles. The maximum absolute atomic E-state index is 12.7. The largest absolute Gasteiger partial charge is 0.325 e. The Morgan fingerprint density at radius 1 is 1.09 bits per heavy atom. The average molecular weight is 497 g/mol. The van der Waals surface area contributed by atoms with Crippen LogP contribution in [0.1, 0.15) is 32.0 Å². The van der Waals surface area contributed by atoms with E-state index in [1.807, 2.05) is 6.07 Å². The molecule has 1 unspecified atom stereocenters. The van der Waals surface area contributed by atoms with Gasteiger partial charge in [-0.3, -0.25) is 4.79 Å². The molecule has 1 amide bonds. The van der Waals surface area contributed by atoms with Crippen molar-refractivity contribution in [3.63, 3.8) is 0 Å². The first kappa shape index (κ1) is 25.1. The summed E-state index contributed by atoms with van der Waals surface area (Å²) in [6, 6.07) is 13.0. The fraction of sp³-hybridized carbons (Fsp3) is 0.261. The standard InChI is InChI=1S/C23H24N6O3S2/c1-15(2)13-19-6-5-17(14-24)22(28-19)33-16(3)21(30)27-18-7-9-20(10-8-18)34(31,32)29-23-25-11-4-12-26-23/h4-12,15-16H,13H2,1-3H3,(H,27,30)(H,25,26,29). The number of sulfonamides is 1. The number of hydrogen-bond donors (Lipinski definition) is 2. The van der Waals surface area contributed by atoms with Crippen molar-refractivity contribution in [2.45, 2.75) is 42.4 Å². The Morgan fingerprint density at radius 2 is 1.76 bits per heavy atom. The Hall–Kier alpha value is -3.49. The van der Waals surface area contributed by atoms with Crippen molar-refractivity contribution in [1.82, 2.24) is 15.0 Å². The first-order valence-electron chi connectivity index (χ1n) is 10.5. The molecule has 34 heavy (non-hydrogen) atoms. The van der Waals surface area contributed by atoms with Gasteiger partial charge in [0.25, 0.3) is 10.0 Å². The van der Waals surface area contributed by atoms with Crippen molar-refractivity contribution in [1.29, 1.82) is 5.26 Å². The second-order valence-electron chi connectivity index (χ2n) is 7.82. The van der Waals surface area contributed by atoms with Crippen LogP contribution in [0.15, 0.2) is 64.8 Å². The van der Waals surface area contributed by atoms with E-state index in [1.54, 1.807) is 19.1 Å². The normalized spacial score (nSPS) is 12.1. The molecule has 3 aromatic rings. The summed E-state index contributed by atoms with van der Waals surface area (Å²) in [7, 11) is -3.87. The molecule has 0 saturated heterocycles. The summed E-state index contributed by atoms with van der Waals surface area (Å²) in [4.78, 5) is 25.0. The molecule has 2 heterocycles. The number of hydrogen-bond acceptors (Lipinski definition) is 8. The highest BCUT2D eigenvalue weighted by Crippen LogP contribution is 2.27. The first-order chi connectivity index (χ1) is 16.2. The summed E-state index contributed by atoms with van der Waals surface area (Å²) < 4.78 is 27.3. The molecule has 0 fully saturated rings. The van der Waals surface area contributed by atoms with Crippen molar-refractivity contribution >= 4 is 39.3 Å². The van der Waals surface area contributed by atoms with Crippen LogP contribution in [0.4, 0.5) is 11.6 Å². The Morgan fingerprint density at radius 3 is 2.38 bits per heavy atom. The Labute approximate surface area is 203 Å². The maximum atomic E-state index is 12.7.